The molecule has 0 bridgehead atoms. The Hall–Kier alpha value is -0.780. The van der Waals surface area contributed by atoms with E-state index in [2.05, 4.69) is 12.2 Å². The van der Waals surface area contributed by atoms with Gasteiger partial charge in [-0.05, 0) is 65.5 Å². The predicted molar refractivity (Wildman–Crippen MR) is 88.9 cm³/mol. The Labute approximate surface area is 134 Å². The SMILES string of the molecule is CC1CCCC(CCNC(=O)c2ccc(I)c(O)c2)C1. The molecule has 0 radical (unpaired) electrons. The summed E-state index contributed by atoms with van der Waals surface area (Å²) in [6.07, 6.45) is 6.33. The molecule has 0 heterocycles. The molecule has 20 heavy (non-hydrogen) atoms. The van der Waals surface area contributed by atoms with E-state index in [4.69, 9.17) is 0 Å². The fourth-order valence-electron chi connectivity index (χ4n) is 2.97. The molecule has 0 aromatic heterocycles. The van der Waals surface area contributed by atoms with E-state index < -0.39 is 0 Å². The molecule has 1 aliphatic carbocycles. The van der Waals surface area contributed by atoms with Crippen molar-refractivity contribution in [3.05, 3.63) is 27.3 Å². The van der Waals surface area contributed by atoms with E-state index in [0.29, 0.717) is 5.56 Å². The van der Waals surface area contributed by atoms with Gasteiger partial charge in [-0.15, -0.1) is 0 Å². The van der Waals surface area contributed by atoms with Gasteiger partial charge in [-0.25, -0.2) is 0 Å². The van der Waals surface area contributed by atoms with E-state index in [1.165, 1.54) is 31.7 Å². The molecule has 1 amide bonds. The summed E-state index contributed by atoms with van der Waals surface area (Å²) in [7, 11) is 0. The largest absolute Gasteiger partial charge is 0.507 e. The molecule has 2 rings (SSSR count). The lowest BCUT2D eigenvalue weighted by atomic mass is 9.81. The number of rotatable bonds is 4. The highest BCUT2D eigenvalue weighted by molar-refractivity contribution is 14.1. The van der Waals surface area contributed by atoms with E-state index >= 15 is 0 Å². The van der Waals surface area contributed by atoms with Crippen LogP contribution in [0, 0.1) is 15.4 Å². The third-order valence-corrected chi connectivity index (χ3v) is 5.00. The van der Waals surface area contributed by atoms with Crippen LogP contribution in [0.15, 0.2) is 18.2 Å². The van der Waals surface area contributed by atoms with E-state index in [1.807, 2.05) is 22.6 Å². The number of phenolic OH excluding ortho intramolecular Hbond substituents is 1. The van der Waals surface area contributed by atoms with Gasteiger partial charge < -0.3 is 10.4 Å². The van der Waals surface area contributed by atoms with Crippen molar-refractivity contribution >= 4 is 28.5 Å². The molecule has 1 aromatic rings. The zero-order valence-electron chi connectivity index (χ0n) is 11.9. The van der Waals surface area contributed by atoms with E-state index in [0.717, 1.165) is 28.4 Å². The summed E-state index contributed by atoms with van der Waals surface area (Å²) in [4.78, 5) is 12.0. The number of hydrogen-bond acceptors (Lipinski definition) is 2. The number of aromatic hydroxyl groups is 1. The van der Waals surface area contributed by atoms with Gasteiger partial charge in [0.2, 0.25) is 0 Å². The van der Waals surface area contributed by atoms with Gasteiger partial charge in [0.25, 0.3) is 5.91 Å². The molecule has 2 unspecified atom stereocenters. The fraction of sp³-hybridized carbons (Fsp3) is 0.562. The molecule has 2 N–H and O–H groups in total. The van der Waals surface area contributed by atoms with Gasteiger partial charge >= 0.3 is 0 Å². The minimum absolute atomic E-state index is 0.0967. The van der Waals surface area contributed by atoms with Crippen molar-refractivity contribution in [1.29, 1.82) is 0 Å². The highest BCUT2D eigenvalue weighted by Crippen LogP contribution is 2.30. The Kier molecular flexibility index (Phi) is 5.69. The molecule has 1 fully saturated rings. The van der Waals surface area contributed by atoms with Crippen LogP contribution < -0.4 is 5.32 Å². The first-order valence-electron chi connectivity index (χ1n) is 7.33. The second-order valence-corrected chi connectivity index (χ2v) is 7.01. The Morgan fingerprint density at radius 2 is 2.25 bits per heavy atom. The third-order valence-electron chi connectivity index (χ3n) is 4.09. The number of halogens is 1. The maximum absolute atomic E-state index is 12.0. The van der Waals surface area contributed by atoms with E-state index in [-0.39, 0.29) is 11.7 Å². The van der Waals surface area contributed by atoms with Crippen molar-refractivity contribution in [2.45, 2.75) is 39.0 Å². The van der Waals surface area contributed by atoms with Gasteiger partial charge in [0.05, 0.1) is 3.57 Å². The second kappa shape index (κ2) is 7.29. The summed E-state index contributed by atoms with van der Waals surface area (Å²) >= 11 is 2.04. The summed E-state index contributed by atoms with van der Waals surface area (Å²) in [5.74, 6) is 1.65. The molecular formula is C16H22INO2. The van der Waals surface area contributed by atoms with Crippen LogP contribution in [0.25, 0.3) is 0 Å². The quantitative estimate of drug-likeness (QED) is 0.769. The summed E-state index contributed by atoms with van der Waals surface area (Å²) in [6.45, 7) is 3.04. The van der Waals surface area contributed by atoms with Crippen molar-refractivity contribution in [1.82, 2.24) is 5.32 Å². The van der Waals surface area contributed by atoms with Gasteiger partial charge in [0.1, 0.15) is 5.75 Å². The standard InChI is InChI=1S/C16H22INO2/c1-11-3-2-4-12(9-11)7-8-18-16(20)13-5-6-14(17)15(19)10-13/h5-6,10-12,19H,2-4,7-9H2,1H3,(H,18,20). The summed E-state index contributed by atoms with van der Waals surface area (Å²) < 4.78 is 0.760. The third kappa shape index (κ3) is 4.36. The Morgan fingerprint density at radius 1 is 1.45 bits per heavy atom. The molecule has 1 saturated carbocycles. The number of amides is 1. The summed E-state index contributed by atoms with van der Waals surface area (Å²) in [6, 6.07) is 5.03. The lowest BCUT2D eigenvalue weighted by Crippen LogP contribution is -2.27. The van der Waals surface area contributed by atoms with Gasteiger partial charge in [0, 0.05) is 12.1 Å². The zero-order valence-corrected chi connectivity index (χ0v) is 14.0. The molecule has 3 nitrogen and oxygen atoms in total. The van der Waals surface area contributed by atoms with Crippen LogP contribution in [0.4, 0.5) is 0 Å². The predicted octanol–water partition coefficient (Wildman–Crippen LogP) is 3.94. The second-order valence-electron chi connectivity index (χ2n) is 5.85. The topological polar surface area (TPSA) is 49.3 Å². The average molecular weight is 387 g/mol. The molecule has 110 valence electrons. The first kappa shape index (κ1) is 15.6. The van der Waals surface area contributed by atoms with Crippen LogP contribution in [0.5, 0.6) is 5.75 Å². The van der Waals surface area contributed by atoms with Crippen molar-refractivity contribution in [2.75, 3.05) is 6.54 Å². The fourth-order valence-corrected chi connectivity index (χ4v) is 3.30. The first-order chi connectivity index (χ1) is 9.56. The molecule has 1 aromatic carbocycles. The minimum atomic E-state index is -0.0967. The maximum Gasteiger partial charge on any atom is 0.251 e. The molecule has 2 atom stereocenters. The van der Waals surface area contributed by atoms with E-state index in [1.54, 1.807) is 12.1 Å². The molecule has 0 spiro atoms. The Balaban J connectivity index is 1.78. The molecule has 0 saturated heterocycles. The van der Waals surface area contributed by atoms with Gasteiger partial charge in [-0.2, -0.15) is 0 Å². The van der Waals surface area contributed by atoms with Crippen molar-refractivity contribution < 1.29 is 9.90 Å². The Bertz CT molecular complexity index is 476. The van der Waals surface area contributed by atoms with Crippen LogP contribution in [0.2, 0.25) is 0 Å². The van der Waals surface area contributed by atoms with Crippen molar-refractivity contribution in [3.63, 3.8) is 0 Å². The zero-order chi connectivity index (χ0) is 14.5. The normalized spacial score (nSPS) is 22.5. The van der Waals surface area contributed by atoms with E-state index in [9.17, 15) is 9.90 Å². The summed E-state index contributed by atoms with van der Waals surface area (Å²) in [5, 5.41) is 12.6. The molecular weight excluding hydrogens is 365 g/mol. The van der Waals surface area contributed by atoms with Crippen LogP contribution in [0.3, 0.4) is 0 Å². The van der Waals surface area contributed by atoms with Crippen LogP contribution in [-0.2, 0) is 0 Å². The van der Waals surface area contributed by atoms with Crippen molar-refractivity contribution in [2.24, 2.45) is 11.8 Å². The van der Waals surface area contributed by atoms with Crippen LogP contribution in [-0.4, -0.2) is 17.6 Å². The van der Waals surface area contributed by atoms with Crippen LogP contribution >= 0.6 is 22.6 Å². The van der Waals surface area contributed by atoms with Gasteiger partial charge in [0.15, 0.2) is 0 Å². The monoisotopic (exact) mass is 387 g/mol. The van der Waals surface area contributed by atoms with Gasteiger partial charge in [-0.3, -0.25) is 4.79 Å². The number of phenols is 1. The smallest absolute Gasteiger partial charge is 0.251 e. The minimum Gasteiger partial charge on any atom is -0.507 e. The van der Waals surface area contributed by atoms with Crippen molar-refractivity contribution in [3.8, 4) is 5.75 Å². The lowest BCUT2D eigenvalue weighted by Gasteiger charge is -2.26. The lowest BCUT2D eigenvalue weighted by molar-refractivity contribution is 0.0949. The molecule has 0 aliphatic heterocycles. The first-order valence-corrected chi connectivity index (χ1v) is 8.41. The molecule has 1 aliphatic rings. The average Bonchev–Trinajstić information content (AvgIpc) is 2.42. The maximum atomic E-state index is 12.0. The number of nitrogens with one attached hydrogen (secondary N) is 1. The summed E-state index contributed by atoms with van der Waals surface area (Å²) in [5.41, 5.74) is 0.528. The molecule has 4 heteroatoms. The Morgan fingerprint density at radius 3 is 2.95 bits per heavy atom. The van der Waals surface area contributed by atoms with Crippen LogP contribution in [0.1, 0.15) is 49.4 Å². The number of hydrogen-bond donors (Lipinski definition) is 2. The number of carbonyl (C=O) groups excluding carboxylic acids is 1. The number of benzene rings is 1. The number of carbonyl (C=O) groups is 1. The highest BCUT2D eigenvalue weighted by Gasteiger charge is 2.18. The highest BCUT2D eigenvalue weighted by atomic mass is 127. The van der Waals surface area contributed by atoms with Gasteiger partial charge in [-0.1, -0.05) is 26.2 Å².